The van der Waals surface area contributed by atoms with Crippen LogP contribution < -0.4 is 5.73 Å². The molecule has 0 spiro atoms. The number of rotatable bonds is 0. The van der Waals surface area contributed by atoms with Crippen LogP contribution in [0.3, 0.4) is 0 Å². The van der Waals surface area contributed by atoms with Gasteiger partial charge in [-0.25, -0.2) is 0 Å². The first-order chi connectivity index (χ1) is 2.00. The SMILES string of the molecule is CN.O=[PH2+]. The molecule has 0 fully saturated rings. The van der Waals surface area contributed by atoms with Crippen molar-refractivity contribution in [2.24, 2.45) is 5.73 Å². The lowest BCUT2D eigenvalue weighted by Gasteiger charge is -1.19. The van der Waals surface area contributed by atoms with E-state index in [1.807, 2.05) is 0 Å². The van der Waals surface area contributed by atoms with Crippen LogP contribution in [0.15, 0.2) is 0 Å². The predicted molar refractivity (Wildman–Crippen MR) is 20.5 cm³/mol. The molecule has 2 N–H and O–H groups in total. The van der Waals surface area contributed by atoms with Crippen molar-refractivity contribution in [3.63, 3.8) is 0 Å². The Labute approximate surface area is 27.6 Å². The standard InChI is InChI=1S/CH5N.H2OP/c2*1-2/h2H2,1H3;2H2/q;+1. The molecule has 0 aliphatic carbocycles. The molecule has 1 atom stereocenters. The average molecular weight is 80.0 g/mol. The zero-order valence-electron chi connectivity index (χ0n) is 2.56. The van der Waals surface area contributed by atoms with Crippen LogP contribution >= 0.6 is 9.12 Å². The Balaban J connectivity index is 0. The summed E-state index contributed by atoms with van der Waals surface area (Å²) >= 11 is 0. The second-order valence-electron chi connectivity index (χ2n) is 0. The first-order valence-corrected chi connectivity index (χ1v) is 1.28. The van der Waals surface area contributed by atoms with Gasteiger partial charge in [-0.1, -0.05) is 4.57 Å². The third-order valence-electron chi connectivity index (χ3n) is 0. The van der Waals surface area contributed by atoms with E-state index in [1.54, 1.807) is 0 Å². The van der Waals surface area contributed by atoms with Crippen LogP contribution in [0.1, 0.15) is 0 Å². The zero-order valence-corrected chi connectivity index (χ0v) is 3.72. The van der Waals surface area contributed by atoms with Crippen LogP contribution in [0.4, 0.5) is 0 Å². The van der Waals surface area contributed by atoms with Crippen LogP contribution in [0, 0.1) is 0 Å². The van der Waals surface area contributed by atoms with E-state index in [0.29, 0.717) is 0 Å². The highest BCUT2D eigenvalue weighted by molar-refractivity contribution is 7.00. The highest BCUT2D eigenvalue weighted by Crippen LogP contribution is 1.23. The van der Waals surface area contributed by atoms with Gasteiger partial charge in [-0.15, -0.1) is 0 Å². The summed E-state index contributed by atoms with van der Waals surface area (Å²) in [5.41, 5.74) is 4.50. The molecule has 0 aromatic rings. The van der Waals surface area contributed by atoms with Crippen LogP contribution in [0.5, 0.6) is 0 Å². The molecule has 26 valence electrons. The molecule has 1 unspecified atom stereocenters. The van der Waals surface area contributed by atoms with Crippen LogP contribution in [0.25, 0.3) is 0 Å². The second kappa shape index (κ2) is 3610. The predicted octanol–water partition coefficient (Wildman–Crippen LogP) is -0.218. The van der Waals surface area contributed by atoms with E-state index in [0.717, 1.165) is 0 Å². The summed E-state index contributed by atoms with van der Waals surface area (Å²) in [6, 6.07) is 0. The summed E-state index contributed by atoms with van der Waals surface area (Å²) in [6.07, 6.45) is 0. The van der Waals surface area contributed by atoms with E-state index in [-0.39, 0.29) is 0 Å². The molecule has 3 heteroatoms. The van der Waals surface area contributed by atoms with Gasteiger partial charge in [0, 0.05) is 0 Å². The Morgan fingerprint density at radius 3 is 1.50 bits per heavy atom. The van der Waals surface area contributed by atoms with Gasteiger partial charge < -0.3 is 5.73 Å². The molecule has 0 amide bonds. The first kappa shape index (κ1) is 8.96. The maximum atomic E-state index is 8.17. The van der Waals surface area contributed by atoms with Crippen molar-refractivity contribution in [2.75, 3.05) is 7.05 Å². The zero-order chi connectivity index (χ0) is 4.00. The maximum absolute atomic E-state index is 8.17. The lowest BCUT2D eigenvalue weighted by atomic mass is 11.6. The average Bonchev–Trinajstić information content (AvgIpc) is 1.50. The lowest BCUT2D eigenvalue weighted by Crippen LogP contribution is -1.69. The molecule has 0 radical (unpaired) electrons. The second-order valence-corrected chi connectivity index (χ2v) is 0. The van der Waals surface area contributed by atoms with Crippen molar-refractivity contribution in [1.29, 1.82) is 0 Å². The van der Waals surface area contributed by atoms with Gasteiger partial charge in [0.25, 0.3) is 0 Å². The smallest absolute Gasteiger partial charge is 0.310 e. The Morgan fingerprint density at radius 2 is 1.50 bits per heavy atom. The fourth-order valence-corrected chi connectivity index (χ4v) is 0. The minimum Gasteiger partial charge on any atom is -0.333 e. The quantitative estimate of drug-likeness (QED) is 0.409. The molecule has 0 aromatic heterocycles. The van der Waals surface area contributed by atoms with Crippen molar-refractivity contribution in [1.82, 2.24) is 0 Å². The lowest BCUT2D eigenvalue weighted by molar-refractivity contribution is 0.607. The van der Waals surface area contributed by atoms with E-state index >= 15 is 0 Å². The van der Waals surface area contributed by atoms with Crippen LogP contribution in [0.2, 0.25) is 0 Å². The molecule has 0 heterocycles. The van der Waals surface area contributed by atoms with Gasteiger partial charge in [0.1, 0.15) is 0 Å². The summed E-state index contributed by atoms with van der Waals surface area (Å²) in [6.45, 7) is 0. The summed E-state index contributed by atoms with van der Waals surface area (Å²) in [5, 5.41) is 0. The van der Waals surface area contributed by atoms with Gasteiger partial charge >= 0.3 is 9.12 Å². The summed E-state index contributed by atoms with van der Waals surface area (Å²) < 4.78 is 8.17. The third kappa shape index (κ3) is 643. The molecular formula is CH7NOP+. The van der Waals surface area contributed by atoms with Gasteiger partial charge in [0.2, 0.25) is 0 Å². The molecule has 4 heavy (non-hydrogen) atoms. The molecule has 0 rings (SSSR count). The molecule has 0 aliphatic rings. The summed E-state index contributed by atoms with van der Waals surface area (Å²) in [7, 11) is 2.67. The highest BCUT2D eigenvalue weighted by Gasteiger charge is 0.849. The minimum absolute atomic E-state index is 1.17. The van der Waals surface area contributed by atoms with Crippen molar-refractivity contribution in [2.45, 2.75) is 0 Å². The molecule has 0 saturated heterocycles. The Hall–Kier alpha value is 0.0600. The largest absolute Gasteiger partial charge is 0.333 e. The van der Waals surface area contributed by atoms with E-state index in [9.17, 15) is 0 Å². The molecule has 0 bridgehead atoms. The number of hydrogen-bond donors (Lipinski definition) is 1. The minimum atomic E-state index is 1.17. The third-order valence-corrected chi connectivity index (χ3v) is 0. The Bertz CT molecular complexity index is 8.00. The van der Waals surface area contributed by atoms with E-state index in [4.69, 9.17) is 4.57 Å². The molecule has 0 saturated carbocycles. The van der Waals surface area contributed by atoms with Gasteiger partial charge in [-0.2, -0.15) is 0 Å². The molecule has 0 aliphatic heterocycles. The summed E-state index contributed by atoms with van der Waals surface area (Å²) in [4.78, 5) is 0. The van der Waals surface area contributed by atoms with Gasteiger partial charge in [0.05, 0.1) is 0 Å². The molecule has 0 aromatic carbocycles. The van der Waals surface area contributed by atoms with E-state index < -0.39 is 0 Å². The fourth-order valence-electron chi connectivity index (χ4n) is 0. The highest BCUT2D eigenvalue weighted by atomic mass is 31.0. The Kier molecular flexibility index (Phi) is 8080. The first-order valence-electron chi connectivity index (χ1n) is 0.813. The van der Waals surface area contributed by atoms with Crippen LogP contribution in [-0.4, -0.2) is 7.05 Å². The Morgan fingerprint density at radius 1 is 1.50 bits per heavy atom. The number of nitrogens with two attached hydrogens (primary N) is 1. The van der Waals surface area contributed by atoms with Crippen molar-refractivity contribution in [3.8, 4) is 0 Å². The van der Waals surface area contributed by atoms with Crippen molar-refractivity contribution >= 4 is 9.12 Å². The molecule has 2 nitrogen and oxygen atoms in total. The van der Waals surface area contributed by atoms with E-state index in [1.165, 1.54) is 16.2 Å². The van der Waals surface area contributed by atoms with Gasteiger partial charge in [0.15, 0.2) is 0 Å². The van der Waals surface area contributed by atoms with Crippen molar-refractivity contribution in [3.05, 3.63) is 0 Å². The fraction of sp³-hybridized carbons (Fsp3) is 1.00. The van der Waals surface area contributed by atoms with Gasteiger partial charge in [-0.05, 0) is 7.05 Å². The normalized spacial score (nSPS) is 2.50. The maximum Gasteiger partial charge on any atom is 0.310 e. The van der Waals surface area contributed by atoms with Gasteiger partial charge in [-0.3, -0.25) is 0 Å². The monoisotopic (exact) mass is 80.0 g/mol. The number of hydrogen-bond acceptors (Lipinski definition) is 2. The van der Waals surface area contributed by atoms with E-state index in [2.05, 4.69) is 5.73 Å². The van der Waals surface area contributed by atoms with Crippen molar-refractivity contribution < 1.29 is 4.57 Å². The topological polar surface area (TPSA) is 43.1 Å². The molecular weight excluding hydrogens is 73.0 g/mol. The summed E-state index contributed by atoms with van der Waals surface area (Å²) in [5.74, 6) is 0. The van der Waals surface area contributed by atoms with Crippen LogP contribution in [-0.2, 0) is 4.57 Å².